The zero-order valence-electron chi connectivity index (χ0n) is 14.4. The van der Waals surface area contributed by atoms with Crippen LogP contribution in [0.1, 0.15) is 18.1 Å². The van der Waals surface area contributed by atoms with E-state index in [0.29, 0.717) is 17.9 Å². The fourth-order valence-electron chi connectivity index (χ4n) is 2.76. The molecule has 0 atom stereocenters. The van der Waals surface area contributed by atoms with E-state index in [1.54, 1.807) is 40.9 Å². The van der Waals surface area contributed by atoms with Crippen LogP contribution in [0.3, 0.4) is 0 Å². The number of hydrogen-bond acceptors (Lipinski definition) is 4. The molecular weight excluding hydrogens is 356 g/mol. The molecule has 0 unspecified atom stereocenters. The molecule has 1 amide bonds. The Morgan fingerprint density at radius 1 is 1.20 bits per heavy atom. The van der Waals surface area contributed by atoms with Gasteiger partial charge in [-0.3, -0.25) is 9.52 Å². The Balaban J connectivity index is 1.99. The number of carbonyl (C=O) groups excluding carboxylic acids is 1. The molecule has 25 heavy (non-hydrogen) atoms. The van der Waals surface area contributed by atoms with Crippen molar-refractivity contribution in [3.63, 3.8) is 0 Å². The van der Waals surface area contributed by atoms with Gasteiger partial charge in [-0.25, -0.2) is 8.42 Å². The minimum absolute atomic E-state index is 0.0846. The second-order valence-electron chi connectivity index (χ2n) is 6.00. The van der Waals surface area contributed by atoms with Crippen molar-refractivity contribution in [3.05, 3.63) is 47.5 Å². The molecule has 2 aromatic rings. The van der Waals surface area contributed by atoms with Crippen LogP contribution in [0.25, 0.3) is 0 Å². The number of carbonyl (C=O) groups is 1. The highest BCUT2D eigenvalue weighted by Gasteiger charge is 2.24. The van der Waals surface area contributed by atoms with Crippen molar-refractivity contribution in [3.8, 4) is 0 Å². The van der Waals surface area contributed by atoms with Gasteiger partial charge in [0.05, 0.1) is 16.3 Å². The van der Waals surface area contributed by atoms with Gasteiger partial charge in [0.1, 0.15) is 0 Å². The highest BCUT2D eigenvalue weighted by molar-refractivity contribution is 7.99. The van der Waals surface area contributed by atoms with E-state index in [9.17, 15) is 13.2 Å². The maximum atomic E-state index is 12.8. The first-order chi connectivity index (χ1) is 11.8. The number of rotatable bonds is 3. The van der Waals surface area contributed by atoms with Crippen molar-refractivity contribution in [1.82, 2.24) is 0 Å². The molecule has 2 aromatic carbocycles. The third-order valence-corrected chi connectivity index (χ3v) is 6.74. The molecule has 0 fully saturated rings. The summed E-state index contributed by atoms with van der Waals surface area (Å²) in [6.07, 6.45) is 0. The second-order valence-corrected chi connectivity index (χ2v) is 8.82. The first kappa shape index (κ1) is 17.8. The fourth-order valence-corrected chi connectivity index (χ4v) is 4.87. The quantitative estimate of drug-likeness (QED) is 0.889. The van der Waals surface area contributed by atoms with Crippen molar-refractivity contribution in [2.75, 3.05) is 21.9 Å². The summed E-state index contributed by atoms with van der Waals surface area (Å²) in [5.41, 5.74) is 3.14. The number of sulfonamides is 1. The van der Waals surface area contributed by atoms with E-state index in [0.717, 1.165) is 21.8 Å². The summed E-state index contributed by atoms with van der Waals surface area (Å²) in [6.45, 7) is 5.90. The molecule has 0 aromatic heterocycles. The number of benzene rings is 2. The molecule has 1 N–H and O–H groups in total. The number of thioether (sulfide) groups is 1. The summed E-state index contributed by atoms with van der Waals surface area (Å²) < 4.78 is 28.3. The van der Waals surface area contributed by atoms with E-state index < -0.39 is 10.0 Å². The molecule has 0 spiro atoms. The first-order valence-corrected chi connectivity index (χ1v) is 10.4. The van der Waals surface area contributed by atoms with Gasteiger partial charge in [0.15, 0.2) is 0 Å². The summed E-state index contributed by atoms with van der Waals surface area (Å²) in [4.78, 5) is 14.6. The lowest BCUT2D eigenvalue weighted by molar-refractivity contribution is -0.116. The van der Waals surface area contributed by atoms with Crippen LogP contribution >= 0.6 is 11.8 Å². The van der Waals surface area contributed by atoms with E-state index >= 15 is 0 Å². The fraction of sp³-hybridized carbons (Fsp3) is 0.278. The van der Waals surface area contributed by atoms with E-state index in [4.69, 9.17) is 0 Å². The lowest BCUT2D eigenvalue weighted by Gasteiger charge is -2.28. The summed E-state index contributed by atoms with van der Waals surface area (Å²) in [5.74, 6) is 0.720. The number of aryl methyl sites for hydroxylation is 1. The zero-order chi connectivity index (χ0) is 18.2. The smallest absolute Gasteiger partial charge is 0.261 e. The van der Waals surface area contributed by atoms with E-state index in [-0.39, 0.29) is 10.8 Å². The van der Waals surface area contributed by atoms with Crippen molar-refractivity contribution in [2.45, 2.75) is 30.6 Å². The van der Waals surface area contributed by atoms with Crippen LogP contribution in [0.4, 0.5) is 11.4 Å². The summed E-state index contributed by atoms with van der Waals surface area (Å²) >= 11 is 1.63. The Labute approximate surface area is 152 Å². The molecule has 3 rings (SSSR count). The predicted molar refractivity (Wildman–Crippen MR) is 102 cm³/mol. The highest BCUT2D eigenvalue weighted by atomic mass is 32.2. The van der Waals surface area contributed by atoms with Gasteiger partial charge in [-0.2, -0.15) is 0 Å². The molecule has 7 heteroatoms. The lowest BCUT2D eigenvalue weighted by Crippen LogP contribution is -2.33. The van der Waals surface area contributed by atoms with Crippen molar-refractivity contribution in [1.29, 1.82) is 0 Å². The normalized spacial score (nSPS) is 14.1. The number of hydrogen-bond donors (Lipinski definition) is 1. The van der Waals surface area contributed by atoms with Gasteiger partial charge >= 0.3 is 0 Å². The zero-order valence-corrected chi connectivity index (χ0v) is 16.0. The van der Waals surface area contributed by atoms with Crippen LogP contribution in [0.2, 0.25) is 0 Å². The van der Waals surface area contributed by atoms with E-state index in [2.05, 4.69) is 4.72 Å². The molecule has 1 aliphatic heterocycles. The highest BCUT2D eigenvalue weighted by Crippen LogP contribution is 2.36. The Morgan fingerprint density at radius 3 is 2.68 bits per heavy atom. The third-order valence-electron chi connectivity index (χ3n) is 4.33. The topological polar surface area (TPSA) is 66.5 Å². The van der Waals surface area contributed by atoms with Crippen LogP contribution < -0.4 is 9.62 Å². The van der Waals surface area contributed by atoms with Gasteiger partial charge in [0.25, 0.3) is 10.0 Å². The molecule has 0 saturated carbocycles. The number of nitrogens with zero attached hydrogens (tertiary/aromatic N) is 1. The Morgan fingerprint density at radius 2 is 1.96 bits per heavy atom. The Bertz CT molecular complexity index is 939. The summed E-state index contributed by atoms with van der Waals surface area (Å²) in [7, 11) is -3.73. The van der Waals surface area contributed by atoms with Crippen molar-refractivity contribution < 1.29 is 13.2 Å². The summed E-state index contributed by atoms with van der Waals surface area (Å²) in [5, 5.41) is 0. The average Bonchev–Trinajstić information content (AvgIpc) is 2.57. The van der Waals surface area contributed by atoms with Gasteiger partial charge in [-0.1, -0.05) is 12.1 Å². The van der Waals surface area contributed by atoms with Crippen LogP contribution in [0.5, 0.6) is 0 Å². The standard InChI is InChI=1S/C18H20N2O3S2/c1-12-5-4-6-16(13(12)2)19-25(22,23)15-7-8-18-17(11-15)20(14(3)21)9-10-24-18/h4-8,11,19H,9-10H2,1-3H3. The number of nitrogens with one attached hydrogen (secondary N) is 1. The van der Waals surface area contributed by atoms with Gasteiger partial charge in [-0.05, 0) is 49.2 Å². The van der Waals surface area contributed by atoms with Crippen LogP contribution in [-0.4, -0.2) is 26.6 Å². The van der Waals surface area contributed by atoms with Crippen LogP contribution in [-0.2, 0) is 14.8 Å². The maximum absolute atomic E-state index is 12.8. The molecule has 0 saturated heterocycles. The van der Waals surface area contributed by atoms with Gasteiger partial charge in [-0.15, -0.1) is 11.8 Å². The maximum Gasteiger partial charge on any atom is 0.261 e. The van der Waals surface area contributed by atoms with Crippen molar-refractivity contribution >= 4 is 39.1 Å². The van der Waals surface area contributed by atoms with Gasteiger partial charge in [0.2, 0.25) is 5.91 Å². The molecule has 5 nitrogen and oxygen atoms in total. The number of amides is 1. The minimum atomic E-state index is -3.73. The van der Waals surface area contributed by atoms with Gasteiger partial charge in [0, 0.05) is 24.1 Å². The number of fused-ring (bicyclic) bond motifs is 1. The molecular formula is C18H20N2O3S2. The first-order valence-electron chi connectivity index (χ1n) is 7.93. The van der Waals surface area contributed by atoms with E-state index in [1.165, 1.54) is 6.92 Å². The van der Waals surface area contributed by atoms with Crippen molar-refractivity contribution in [2.24, 2.45) is 0 Å². The van der Waals surface area contributed by atoms with Crippen LogP contribution in [0, 0.1) is 13.8 Å². The molecule has 0 radical (unpaired) electrons. The average molecular weight is 377 g/mol. The van der Waals surface area contributed by atoms with Gasteiger partial charge < -0.3 is 4.90 Å². The molecule has 132 valence electrons. The monoisotopic (exact) mass is 376 g/mol. The second kappa shape index (κ2) is 6.72. The third kappa shape index (κ3) is 3.52. The number of anilines is 2. The Kier molecular flexibility index (Phi) is 4.79. The largest absolute Gasteiger partial charge is 0.311 e. The Hall–Kier alpha value is -1.99. The van der Waals surface area contributed by atoms with E-state index in [1.807, 2.05) is 26.0 Å². The molecule has 1 aliphatic rings. The minimum Gasteiger partial charge on any atom is -0.311 e. The summed E-state index contributed by atoms with van der Waals surface area (Å²) in [6, 6.07) is 10.4. The lowest BCUT2D eigenvalue weighted by atomic mass is 10.1. The molecule has 0 bridgehead atoms. The van der Waals surface area contributed by atoms with Crippen LogP contribution in [0.15, 0.2) is 46.2 Å². The SMILES string of the molecule is CC(=O)N1CCSc2ccc(S(=O)(=O)Nc3cccc(C)c3C)cc21. The molecule has 1 heterocycles. The molecule has 0 aliphatic carbocycles. The predicted octanol–water partition coefficient (Wildman–Crippen LogP) is 3.56.